The van der Waals surface area contributed by atoms with Crippen LogP contribution in [0.25, 0.3) is 22.4 Å². The van der Waals surface area contributed by atoms with Crippen LogP contribution in [0.4, 0.5) is 0 Å². The first kappa shape index (κ1) is 17.1. The number of aromatic amines is 2. The summed E-state index contributed by atoms with van der Waals surface area (Å²) in [4.78, 5) is 22.7. The lowest BCUT2D eigenvalue weighted by molar-refractivity contribution is 0.198. The summed E-state index contributed by atoms with van der Waals surface area (Å²) in [7, 11) is 0. The molecule has 0 aliphatic carbocycles. The lowest BCUT2D eigenvalue weighted by Gasteiger charge is -2.32. The van der Waals surface area contributed by atoms with E-state index >= 15 is 0 Å². The van der Waals surface area contributed by atoms with E-state index in [1.165, 1.54) is 29.3 Å². The van der Waals surface area contributed by atoms with Crippen molar-refractivity contribution in [2.45, 2.75) is 32.2 Å². The molecular weight excluding hydrogens is 348 g/mol. The Hall–Kier alpha value is -2.99. The van der Waals surface area contributed by atoms with Gasteiger partial charge in [0.2, 0.25) is 0 Å². The third-order valence-corrected chi connectivity index (χ3v) is 5.55. The smallest absolute Gasteiger partial charge is 0.156 e. The SMILES string of the molecule is Cc1nc(-c2ncc[nH]2)cc([C@@H]2CCCN(Cc3ccc4cc[nH]c4c3)C2)n1. The van der Waals surface area contributed by atoms with Gasteiger partial charge in [-0.3, -0.25) is 4.90 Å². The highest BCUT2D eigenvalue weighted by Gasteiger charge is 2.23. The molecule has 28 heavy (non-hydrogen) atoms. The van der Waals surface area contributed by atoms with E-state index in [1.54, 1.807) is 6.20 Å². The van der Waals surface area contributed by atoms with Gasteiger partial charge in [0.25, 0.3) is 0 Å². The van der Waals surface area contributed by atoms with E-state index in [-0.39, 0.29) is 0 Å². The van der Waals surface area contributed by atoms with Gasteiger partial charge >= 0.3 is 0 Å². The number of aromatic nitrogens is 5. The number of hydrogen-bond donors (Lipinski definition) is 2. The summed E-state index contributed by atoms with van der Waals surface area (Å²) in [6.07, 6.45) is 7.94. The average molecular weight is 372 g/mol. The van der Waals surface area contributed by atoms with Gasteiger partial charge in [-0.25, -0.2) is 15.0 Å². The van der Waals surface area contributed by atoms with Crippen molar-refractivity contribution in [3.8, 4) is 11.5 Å². The van der Waals surface area contributed by atoms with E-state index in [0.717, 1.165) is 42.7 Å². The summed E-state index contributed by atoms with van der Waals surface area (Å²) in [5, 5.41) is 1.27. The molecule has 1 aliphatic heterocycles. The van der Waals surface area contributed by atoms with Gasteiger partial charge in [-0.1, -0.05) is 12.1 Å². The van der Waals surface area contributed by atoms with Crippen LogP contribution in [0, 0.1) is 6.92 Å². The van der Waals surface area contributed by atoms with E-state index < -0.39 is 0 Å². The van der Waals surface area contributed by atoms with Crippen molar-refractivity contribution in [3.05, 3.63) is 66.0 Å². The minimum atomic E-state index is 0.429. The largest absolute Gasteiger partial charge is 0.361 e. The molecule has 0 bridgehead atoms. The fourth-order valence-corrected chi connectivity index (χ4v) is 4.22. The van der Waals surface area contributed by atoms with Crippen LogP contribution in [-0.2, 0) is 6.54 Å². The first-order valence-corrected chi connectivity index (χ1v) is 9.88. The van der Waals surface area contributed by atoms with Crippen molar-refractivity contribution in [1.82, 2.24) is 29.8 Å². The molecule has 4 heterocycles. The highest BCUT2D eigenvalue weighted by Crippen LogP contribution is 2.28. The minimum Gasteiger partial charge on any atom is -0.361 e. The molecule has 6 nitrogen and oxygen atoms in total. The van der Waals surface area contributed by atoms with Crippen molar-refractivity contribution in [1.29, 1.82) is 0 Å². The van der Waals surface area contributed by atoms with Gasteiger partial charge in [0.05, 0.1) is 0 Å². The predicted octanol–water partition coefficient (Wildman–Crippen LogP) is 4.04. The number of piperidine rings is 1. The lowest BCUT2D eigenvalue weighted by Crippen LogP contribution is -2.34. The second kappa shape index (κ2) is 7.20. The Morgan fingerprint density at radius 1 is 1.11 bits per heavy atom. The van der Waals surface area contributed by atoms with Gasteiger partial charge in [0, 0.05) is 48.8 Å². The third kappa shape index (κ3) is 3.43. The number of hydrogen-bond acceptors (Lipinski definition) is 4. The molecule has 0 unspecified atom stereocenters. The number of nitrogens with one attached hydrogen (secondary N) is 2. The van der Waals surface area contributed by atoms with E-state index in [9.17, 15) is 0 Å². The molecule has 142 valence electrons. The molecule has 1 atom stereocenters. The quantitative estimate of drug-likeness (QED) is 0.567. The zero-order chi connectivity index (χ0) is 18.9. The molecular formula is C22H24N6. The second-order valence-corrected chi connectivity index (χ2v) is 7.64. The van der Waals surface area contributed by atoms with Crippen LogP contribution in [0.5, 0.6) is 0 Å². The Bertz CT molecular complexity index is 1080. The molecule has 2 N–H and O–H groups in total. The molecule has 1 fully saturated rings. The predicted molar refractivity (Wildman–Crippen MR) is 110 cm³/mol. The summed E-state index contributed by atoms with van der Waals surface area (Å²) < 4.78 is 0. The summed E-state index contributed by atoms with van der Waals surface area (Å²) >= 11 is 0. The first-order chi connectivity index (χ1) is 13.7. The Labute approximate surface area is 164 Å². The van der Waals surface area contributed by atoms with Crippen molar-refractivity contribution in [3.63, 3.8) is 0 Å². The Morgan fingerprint density at radius 2 is 2.07 bits per heavy atom. The van der Waals surface area contributed by atoms with Crippen LogP contribution in [0.2, 0.25) is 0 Å². The lowest BCUT2D eigenvalue weighted by atomic mass is 9.93. The molecule has 0 radical (unpaired) electrons. The molecule has 1 aliphatic rings. The zero-order valence-electron chi connectivity index (χ0n) is 16.0. The number of nitrogens with zero attached hydrogens (tertiary/aromatic N) is 4. The van der Waals surface area contributed by atoms with Crippen molar-refractivity contribution in [2.75, 3.05) is 13.1 Å². The van der Waals surface area contributed by atoms with Crippen LogP contribution in [0.1, 0.15) is 35.8 Å². The van der Waals surface area contributed by atoms with Crippen LogP contribution >= 0.6 is 0 Å². The summed E-state index contributed by atoms with van der Waals surface area (Å²) in [6.45, 7) is 5.09. The summed E-state index contributed by atoms with van der Waals surface area (Å²) in [5.74, 6) is 2.04. The number of likely N-dealkylation sites (tertiary alicyclic amines) is 1. The Kier molecular flexibility index (Phi) is 4.41. The first-order valence-electron chi connectivity index (χ1n) is 9.88. The van der Waals surface area contributed by atoms with Gasteiger partial charge in [-0.05, 0) is 55.5 Å². The Balaban J connectivity index is 1.35. The normalized spacial score (nSPS) is 18.0. The van der Waals surface area contributed by atoms with Crippen LogP contribution < -0.4 is 0 Å². The fraction of sp³-hybridized carbons (Fsp3) is 0.318. The van der Waals surface area contributed by atoms with Crippen molar-refractivity contribution >= 4 is 10.9 Å². The van der Waals surface area contributed by atoms with Gasteiger partial charge < -0.3 is 9.97 Å². The summed E-state index contributed by atoms with van der Waals surface area (Å²) in [5.41, 5.74) is 4.57. The number of benzene rings is 1. The maximum Gasteiger partial charge on any atom is 0.156 e. The fourth-order valence-electron chi connectivity index (χ4n) is 4.22. The second-order valence-electron chi connectivity index (χ2n) is 7.64. The molecule has 6 heteroatoms. The number of rotatable bonds is 4. The molecule has 1 saturated heterocycles. The van der Waals surface area contributed by atoms with E-state index in [2.05, 4.69) is 55.2 Å². The molecule has 0 amide bonds. The zero-order valence-corrected chi connectivity index (χ0v) is 16.0. The summed E-state index contributed by atoms with van der Waals surface area (Å²) in [6, 6.07) is 10.9. The molecule has 0 saturated carbocycles. The highest BCUT2D eigenvalue weighted by atomic mass is 15.1. The monoisotopic (exact) mass is 372 g/mol. The number of imidazole rings is 1. The van der Waals surface area contributed by atoms with E-state index in [1.807, 2.05) is 19.3 Å². The third-order valence-electron chi connectivity index (χ3n) is 5.55. The van der Waals surface area contributed by atoms with Gasteiger partial charge in [-0.15, -0.1) is 0 Å². The van der Waals surface area contributed by atoms with E-state index in [4.69, 9.17) is 4.98 Å². The Morgan fingerprint density at radius 3 is 2.96 bits per heavy atom. The highest BCUT2D eigenvalue weighted by molar-refractivity contribution is 5.79. The number of H-pyrrole nitrogens is 2. The molecule has 0 spiro atoms. The standard InChI is InChI=1S/C22H24N6/c1-15-26-20(12-21(27-15)22-24-8-9-25-22)18-3-2-10-28(14-18)13-16-4-5-17-6-7-23-19(17)11-16/h4-9,11-12,18,23H,2-3,10,13-14H2,1H3,(H,24,25)/t18-/m1/s1. The van der Waals surface area contributed by atoms with Crippen molar-refractivity contribution in [2.24, 2.45) is 0 Å². The number of fused-ring (bicyclic) bond motifs is 1. The minimum absolute atomic E-state index is 0.429. The molecule has 1 aromatic carbocycles. The van der Waals surface area contributed by atoms with Crippen LogP contribution in [0.3, 0.4) is 0 Å². The maximum atomic E-state index is 4.76. The molecule has 5 rings (SSSR count). The van der Waals surface area contributed by atoms with E-state index in [0.29, 0.717) is 5.92 Å². The van der Waals surface area contributed by atoms with Gasteiger partial charge in [-0.2, -0.15) is 0 Å². The average Bonchev–Trinajstić information content (AvgIpc) is 3.39. The molecule has 4 aromatic rings. The van der Waals surface area contributed by atoms with Crippen LogP contribution in [0.15, 0.2) is 48.9 Å². The molecule has 3 aromatic heterocycles. The van der Waals surface area contributed by atoms with Crippen LogP contribution in [-0.4, -0.2) is 42.9 Å². The van der Waals surface area contributed by atoms with Crippen molar-refractivity contribution < 1.29 is 0 Å². The number of aryl methyl sites for hydroxylation is 1. The van der Waals surface area contributed by atoms with Gasteiger partial charge in [0.15, 0.2) is 5.82 Å². The topological polar surface area (TPSA) is 73.5 Å². The maximum absolute atomic E-state index is 4.76. The van der Waals surface area contributed by atoms with Gasteiger partial charge in [0.1, 0.15) is 11.5 Å².